The summed E-state index contributed by atoms with van der Waals surface area (Å²) in [5, 5.41) is 0. The van der Waals surface area contributed by atoms with Gasteiger partial charge in [-0.2, -0.15) is 9.97 Å². The zero-order valence-electron chi connectivity index (χ0n) is 16.8. The molecule has 2 fully saturated rings. The van der Waals surface area contributed by atoms with Crippen LogP contribution in [0.4, 0.5) is 11.8 Å². The highest BCUT2D eigenvalue weighted by molar-refractivity contribution is 5.86. The predicted molar refractivity (Wildman–Crippen MR) is 114 cm³/mol. The van der Waals surface area contributed by atoms with Crippen LogP contribution in [0.1, 0.15) is 5.56 Å². The van der Waals surface area contributed by atoms with Crippen LogP contribution in [-0.4, -0.2) is 77.4 Å². The summed E-state index contributed by atoms with van der Waals surface area (Å²) in [6.07, 6.45) is 1.77. The van der Waals surface area contributed by atoms with E-state index < -0.39 is 0 Å². The van der Waals surface area contributed by atoms with Crippen LogP contribution in [0.25, 0.3) is 22.4 Å². The Labute approximate surface area is 174 Å². The molecule has 4 heterocycles. The van der Waals surface area contributed by atoms with E-state index in [4.69, 9.17) is 20.2 Å². The monoisotopic (exact) mass is 407 g/mol. The van der Waals surface area contributed by atoms with Crippen molar-refractivity contribution in [3.8, 4) is 11.3 Å². The predicted octanol–water partition coefficient (Wildman–Crippen LogP) is 1.34. The number of nitrogens with zero attached hydrogens (tertiary/aromatic N) is 6. The molecule has 0 bridgehead atoms. The molecular formula is C21H25N7O2. The molecule has 1 aromatic carbocycles. The normalized spacial score (nSPS) is 18.1. The highest BCUT2D eigenvalue weighted by Gasteiger charge is 2.20. The zero-order valence-corrected chi connectivity index (χ0v) is 16.8. The Morgan fingerprint density at radius 1 is 0.900 bits per heavy atom. The van der Waals surface area contributed by atoms with Gasteiger partial charge in [-0.25, -0.2) is 9.97 Å². The first-order valence-electron chi connectivity index (χ1n) is 10.3. The number of hydrogen-bond acceptors (Lipinski definition) is 9. The third-order valence-electron chi connectivity index (χ3n) is 5.51. The van der Waals surface area contributed by atoms with Gasteiger partial charge < -0.3 is 20.1 Å². The van der Waals surface area contributed by atoms with E-state index in [1.807, 2.05) is 6.07 Å². The van der Waals surface area contributed by atoms with Crippen LogP contribution < -0.4 is 10.6 Å². The van der Waals surface area contributed by atoms with Gasteiger partial charge in [0.15, 0.2) is 17.0 Å². The van der Waals surface area contributed by atoms with E-state index in [1.165, 1.54) is 5.56 Å². The Bertz CT molecular complexity index is 1030. The lowest BCUT2D eigenvalue weighted by molar-refractivity contribution is 0.0342. The van der Waals surface area contributed by atoms with Gasteiger partial charge in [0, 0.05) is 38.3 Å². The number of hydrogen-bond donors (Lipinski definition) is 1. The highest BCUT2D eigenvalue weighted by atomic mass is 16.5. The molecule has 0 spiro atoms. The fourth-order valence-corrected chi connectivity index (χ4v) is 3.94. The largest absolute Gasteiger partial charge is 0.379 e. The Morgan fingerprint density at radius 3 is 2.43 bits per heavy atom. The number of morpholine rings is 2. The molecule has 2 N–H and O–H groups in total. The second kappa shape index (κ2) is 8.47. The molecular weight excluding hydrogens is 382 g/mol. The van der Waals surface area contributed by atoms with Gasteiger partial charge in [0.1, 0.15) is 0 Å². The van der Waals surface area contributed by atoms with Crippen molar-refractivity contribution >= 4 is 22.9 Å². The van der Waals surface area contributed by atoms with Gasteiger partial charge in [-0.1, -0.05) is 24.3 Å². The van der Waals surface area contributed by atoms with Gasteiger partial charge in [-0.15, -0.1) is 0 Å². The van der Waals surface area contributed by atoms with E-state index in [9.17, 15) is 0 Å². The van der Waals surface area contributed by atoms with Crippen molar-refractivity contribution in [2.75, 3.05) is 63.2 Å². The smallest absolute Gasteiger partial charge is 0.224 e. The Hall–Kier alpha value is -2.88. The van der Waals surface area contributed by atoms with E-state index in [-0.39, 0.29) is 5.95 Å². The van der Waals surface area contributed by atoms with E-state index >= 15 is 0 Å². The number of nitrogens with two attached hydrogens (primary N) is 1. The molecule has 0 atom stereocenters. The molecule has 30 heavy (non-hydrogen) atoms. The number of aromatic nitrogens is 4. The number of ether oxygens (including phenoxy) is 2. The van der Waals surface area contributed by atoms with Crippen LogP contribution in [0.2, 0.25) is 0 Å². The van der Waals surface area contributed by atoms with Gasteiger partial charge in [-0.05, 0) is 5.56 Å². The fraction of sp³-hybridized carbons (Fsp3) is 0.429. The number of benzene rings is 1. The van der Waals surface area contributed by atoms with Crippen LogP contribution in [-0.2, 0) is 16.0 Å². The molecule has 3 aromatic rings. The van der Waals surface area contributed by atoms with Crippen molar-refractivity contribution in [3.05, 3.63) is 36.0 Å². The molecule has 0 aliphatic carbocycles. The maximum absolute atomic E-state index is 5.95. The number of anilines is 2. The molecule has 2 aliphatic heterocycles. The average Bonchev–Trinajstić information content (AvgIpc) is 2.80. The first-order chi connectivity index (χ1) is 14.8. The van der Waals surface area contributed by atoms with Crippen LogP contribution in [0.3, 0.4) is 0 Å². The van der Waals surface area contributed by atoms with E-state index in [1.54, 1.807) is 6.20 Å². The molecule has 2 saturated heterocycles. The van der Waals surface area contributed by atoms with Crippen molar-refractivity contribution in [3.63, 3.8) is 0 Å². The lowest BCUT2D eigenvalue weighted by Gasteiger charge is -2.28. The minimum absolute atomic E-state index is 0.207. The maximum atomic E-state index is 5.95. The van der Waals surface area contributed by atoms with Crippen LogP contribution in [0, 0.1) is 0 Å². The fourth-order valence-electron chi connectivity index (χ4n) is 3.94. The third-order valence-corrected chi connectivity index (χ3v) is 5.51. The topological polar surface area (TPSA) is 103 Å². The number of nitrogen functional groups attached to an aromatic ring is 1. The average molecular weight is 407 g/mol. The summed E-state index contributed by atoms with van der Waals surface area (Å²) in [6, 6.07) is 8.35. The highest BCUT2D eigenvalue weighted by Crippen LogP contribution is 2.28. The minimum atomic E-state index is 0.207. The molecule has 0 saturated carbocycles. The second-order valence-electron chi connectivity index (χ2n) is 7.48. The van der Waals surface area contributed by atoms with Crippen LogP contribution in [0.15, 0.2) is 30.5 Å². The standard InChI is InChI=1S/C21H25N7O2/c22-21-25-19-18(20(26-21)28-7-11-30-12-8-28)24-17(13-23-19)16-4-2-1-3-15(16)14-27-5-9-29-10-6-27/h1-4,13H,5-12,14H2,(H2,22,23,25,26). The SMILES string of the molecule is Nc1nc(N2CCOCC2)c2nc(-c3ccccc3CN3CCOCC3)cnc2n1. The summed E-state index contributed by atoms with van der Waals surface area (Å²) < 4.78 is 11.0. The molecule has 156 valence electrons. The maximum Gasteiger partial charge on any atom is 0.224 e. The number of rotatable bonds is 4. The summed E-state index contributed by atoms with van der Waals surface area (Å²) in [7, 11) is 0. The summed E-state index contributed by atoms with van der Waals surface area (Å²) in [5.41, 5.74) is 10.2. The third kappa shape index (κ3) is 3.91. The molecule has 2 aliphatic rings. The summed E-state index contributed by atoms with van der Waals surface area (Å²) in [5.74, 6) is 0.930. The van der Waals surface area contributed by atoms with Gasteiger partial charge in [-0.3, -0.25) is 4.90 Å². The molecule has 0 radical (unpaired) electrons. The molecule has 2 aromatic heterocycles. The molecule has 9 heteroatoms. The van der Waals surface area contributed by atoms with Crippen molar-refractivity contribution in [2.45, 2.75) is 6.54 Å². The second-order valence-corrected chi connectivity index (χ2v) is 7.48. The lowest BCUT2D eigenvalue weighted by atomic mass is 10.0. The van der Waals surface area contributed by atoms with E-state index in [2.05, 4.69) is 43.0 Å². The van der Waals surface area contributed by atoms with Gasteiger partial charge in [0.05, 0.1) is 38.3 Å². The van der Waals surface area contributed by atoms with E-state index in [0.29, 0.717) is 24.4 Å². The minimum Gasteiger partial charge on any atom is -0.379 e. The summed E-state index contributed by atoms with van der Waals surface area (Å²) >= 11 is 0. The first-order valence-corrected chi connectivity index (χ1v) is 10.3. The zero-order chi connectivity index (χ0) is 20.3. The van der Waals surface area contributed by atoms with Crippen molar-refractivity contribution in [1.29, 1.82) is 0 Å². The molecule has 5 rings (SSSR count). The number of fused-ring (bicyclic) bond motifs is 1. The summed E-state index contributed by atoms with van der Waals surface area (Å²) in [6.45, 7) is 7.07. The molecule has 0 unspecified atom stereocenters. The lowest BCUT2D eigenvalue weighted by Crippen LogP contribution is -2.37. The van der Waals surface area contributed by atoms with Gasteiger partial charge >= 0.3 is 0 Å². The van der Waals surface area contributed by atoms with E-state index in [0.717, 1.165) is 63.0 Å². The summed E-state index contributed by atoms with van der Waals surface area (Å²) in [4.78, 5) is 22.8. The Balaban J connectivity index is 1.54. The quantitative estimate of drug-likeness (QED) is 0.686. The Morgan fingerprint density at radius 2 is 1.63 bits per heavy atom. The first kappa shape index (κ1) is 19.1. The van der Waals surface area contributed by atoms with Crippen LogP contribution in [0.5, 0.6) is 0 Å². The Kier molecular flexibility index (Phi) is 5.39. The van der Waals surface area contributed by atoms with Crippen molar-refractivity contribution in [1.82, 2.24) is 24.8 Å². The molecule has 0 amide bonds. The van der Waals surface area contributed by atoms with Crippen LogP contribution >= 0.6 is 0 Å². The van der Waals surface area contributed by atoms with Gasteiger partial charge in [0.25, 0.3) is 0 Å². The molecule has 9 nitrogen and oxygen atoms in total. The van der Waals surface area contributed by atoms with Crippen molar-refractivity contribution in [2.24, 2.45) is 0 Å². The van der Waals surface area contributed by atoms with Crippen molar-refractivity contribution < 1.29 is 9.47 Å². The van der Waals surface area contributed by atoms with Gasteiger partial charge in [0.2, 0.25) is 5.95 Å².